The van der Waals surface area contributed by atoms with Gasteiger partial charge in [0.2, 0.25) is 0 Å². The van der Waals surface area contributed by atoms with Gasteiger partial charge in [-0.05, 0) is 43.0 Å². The molecule has 0 saturated carbocycles. The molecule has 2 nitrogen and oxygen atoms in total. The predicted octanol–water partition coefficient (Wildman–Crippen LogP) is 3.51. The first-order valence-electron chi connectivity index (χ1n) is 6.64. The smallest absolute Gasteiger partial charge is 0.258 e. The molecule has 0 spiro atoms. The molecule has 1 heterocycles. The van der Waals surface area contributed by atoms with Crippen molar-refractivity contribution in [2.45, 2.75) is 20.3 Å². The Balaban J connectivity index is 2.07. The van der Waals surface area contributed by atoms with Gasteiger partial charge in [0.25, 0.3) is 5.91 Å². The van der Waals surface area contributed by atoms with Crippen molar-refractivity contribution < 1.29 is 4.79 Å². The summed E-state index contributed by atoms with van der Waals surface area (Å²) in [6, 6.07) is 14.2. The average molecular weight is 251 g/mol. The average Bonchev–Trinajstić information content (AvgIpc) is 2.40. The van der Waals surface area contributed by atoms with Crippen LogP contribution in [-0.4, -0.2) is 12.5 Å². The number of fused-ring (bicyclic) bond motifs is 1. The van der Waals surface area contributed by atoms with E-state index >= 15 is 0 Å². The summed E-state index contributed by atoms with van der Waals surface area (Å²) in [6.45, 7) is 4.83. The number of benzene rings is 2. The van der Waals surface area contributed by atoms with E-state index in [2.05, 4.69) is 19.1 Å². The minimum absolute atomic E-state index is 0.133. The summed E-state index contributed by atoms with van der Waals surface area (Å²) in [5, 5.41) is 0. The molecule has 1 aliphatic rings. The standard InChI is InChI=1S/C17H17NO/c1-12-6-3-4-9-15(12)18-11-10-14-8-5-7-13(2)16(14)17(18)19/h3-9H,10-11H2,1-2H3. The van der Waals surface area contributed by atoms with Gasteiger partial charge in [-0.15, -0.1) is 0 Å². The Morgan fingerprint density at radius 1 is 0.947 bits per heavy atom. The molecule has 0 bridgehead atoms. The van der Waals surface area contributed by atoms with Gasteiger partial charge < -0.3 is 4.90 Å². The first-order valence-corrected chi connectivity index (χ1v) is 6.64. The van der Waals surface area contributed by atoms with Crippen LogP contribution in [-0.2, 0) is 6.42 Å². The van der Waals surface area contributed by atoms with E-state index in [1.807, 2.05) is 42.2 Å². The molecule has 3 rings (SSSR count). The van der Waals surface area contributed by atoms with Gasteiger partial charge in [0, 0.05) is 17.8 Å². The summed E-state index contributed by atoms with van der Waals surface area (Å²) in [4.78, 5) is 14.6. The zero-order valence-corrected chi connectivity index (χ0v) is 11.3. The fourth-order valence-corrected chi connectivity index (χ4v) is 2.81. The molecule has 0 radical (unpaired) electrons. The van der Waals surface area contributed by atoms with Gasteiger partial charge in [0.05, 0.1) is 0 Å². The second-order valence-electron chi connectivity index (χ2n) is 5.10. The summed E-state index contributed by atoms with van der Waals surface area (Å²) in [7, 11) is 0. The van der Waals surface area contributed by atoms with Crippen LogP contribution in [0.3, 0.4) is 0 Å². The Morgan fingerprint density at radius 3 is 2.47 bits per heavy atom. The van der Waals surface area contributed by atoms with Gasteiger partial charge in [-0.25, -0.2) is 0 Å². The summed E-state index contributed by atoms with van der Waals surface area (Å²) in [6.07, 6.45) is 0.928. The van der Waals surface area contributed by atoms with Crippen molar-refractivity contribution in [3.05, 3.63) is 64.7 Å². The highest BCUT2D eigenvalue weighted by molar-refractivity contribution is 6.09. The van der Waals surface area contributed by atoms with Gasteiger partial charge in [-0.3, -0.25) is 4.79 Å². The van der Waals surface area contributed by atoms with Crippen molar-refractivity contribution in [2.75, 3.05) is 11.4 Å². The van der Waals surface area contributed by atoms with Gasteiger partial charge in [-0.2, -0.15) is 0 Å². The van der Waals surface area contributed by atoms with Crippen LogP contribution < -0.4 is 4.90 Å². The summed E-state index contributed by atoms with van der Waals surface area (Å²) in [5.74, 6) is 0.133. The molecular formula is C17H17NO. The highest BCUT2D eigenvalue weighted by atomic mass is 16.2. The van der Waals surface area contributed by atoms with Crippen molar-refractivity contribution in [3.63, 3.8) is 0 Å². The van der Waals surface area contributed by atoms with E-state index in [0.717, 1.165) is 35.3 Å². The molecule has 96 valence electrons. The second-order valence-corrected chi connectivity index (χ2v) is 5.10. The van der Waals surface area contributed by atoms with Crippen molar-refractivity contribution in [1.29, 1.82) is 0 Å². The molecule has 0 unspecified atom stereocenters. The van der Waals surface area contributed by atoms with Gasteiger partial charge in [0.15, 0.2) is 0 Å². The minimum atomic E-state index is 0.133. The van der Waals surface area contributed by atoms with Crippen LogP contribution in [0, 0.1) is 13.8 Å². The van der Waals surface area contributed by atoms with Crippen LogP contribution >= 0.6 is 0 Å². The Morgan fingerprint density at radius 2 is 1.68 bits per heavy atom. The van der Waals surface area contributed by atoms with E-state index in [1.54, 1.807) is 0 Å². The molecule has 2 aromatic rings. The SMILES string of the molecule is Cc1ccccc1N1CCc2cccc(C)c2C1=O. The molecule has 1 amide bonds. The van der Waals surface area contributed by atoms with E-state index in [-0.39, 0.29) is 5.91 Å². The van der Waals surface area contributed by atoms with Crippen molar-refractivity contribution in [3.8, 4) is 0 Å². The molecule has 19 heavy (non-hydrogen) atoms. The van der Waals surface area contributed by atoms with Crippen LogP contribution in [0.1, 0.15) is 27.0 Å². The van der Waals surface area contributed by atoms with Gasteiger partial charge in [0.1, 0.15) is 0 Å². The third-order valence-corrected chi connectivity index (χ3v) is 3.83. The zero-order valence-electron chi connectivity index (χ0n) is 11.3. The molecule has 2 heteroatoms. The number of nitrogens with zero attached hydrogens (tertiary/aromatic N) is 1. The van der Waals surface area contributed by atoms with Crippen LogP contribution in [0.4, 0.5) is 5.69 Å². The summed E-state index contributed by atoms with van der Waals surface area (Å²) in [5.41, 5.74) is 5.31. The number of rotatable bonds is 1. The topological polar surface area (TPSA) is 20.3 Å². The maximum Gasteiger partial charge on any atom is 0.258 e. The lowest BCUT2D eigenvalue weighted by atomic mass is 9.94. The maximum atomic E-state index is 12.7. The highest BCUT2D eigenvalue weighted by Crippen LogP contribution is 2.28. The molecule has 1 aliphatic heterocycles. The Bertz CT molecular complexity index is 645. The predicted molar refractivity (Wildman–Crippen MR) is 77.7 cm³/mol. The first-order chi connectivity index (χ1) is 9.18. The lowest BCUT2D eigenvalue weighted by Crippen LogP contribution is -2.38. The fourth-order valence-electron chi connectivity index (χ4n) is 2.81. The Labute approximate surface area is 113 Å². The first kappa shape index (κ1) is 12.0. The number of hydrogen-bond acceptors (Lipinski definition) is 1. The Hall–Kier alpha value is -2.09. The molecule has 0 atom stereocenters. The molecule has 0 aliphatic carbocycles. The third-order valence-electron chi connectivity index (χ3n) is 3.83. The van der Waals surface area contributed by atoms with Crippen LogP contribution in [0.2, 0.25) is 0 Å². The number of aryl methyl sites for hydroxylation is 2. The van der Waals surface area contributed by atoms with E-state index in [9.17, 15) is 4.79 Å². The van der Waals surface area contributed by atoms with Crippen LogP contribution in [0.15, 0.2) is 42.5 Å². The van der Waals surface area contributed by atoms with Gasteiger partial charge >= 0.3 is 0 Å². The lowest BCUT2D eigenvalue weighted by molar-refractivity contribution is 0.0980. The highest BCUT2D eigenvalue weighted by Gasteiger charge is 2.27. The number of anilines is 1. The molecule has 2 aromatic carbocycles. The molecular weight excluding hydrogens is 234 g/mol. The normalized spacial score (nSPS) is 14.4. The van der Waals surface area contributed by atoms with E-state index < -0.39 is 0 Å². The number of hydrogen-bond donors (Lipinski definition) is 0. The quantitative estimate of drug-likeness (QED) is 0.759. The van der Waals surface area contributed by atoms with Crippen molar-refractivity contribution in [2.24, 2.45) is 0 Å². The Kier molecular flexibility index (Phi) is 2.86. The van der Waals surface area contributed by atoms with E-state index in [0.29, 0.717) is 0 Å². The zero-order chi connectivity index (χ0) is 13.4. The monoisotopic (exact) mass is 251 g/mol. The van der Waals surface area contributed by atoms with Gasteiger partial charge in [-0.1, -0.05) is 36.4 Å². The number of carbonyl (C=O) groups is 1. The number of para-hydroxylation sites is 1. The van der Waals surface area contributed by atoms with E-state index in [1.165, 1.54) is 5.56 Å². The fraction of sp³-hybridized carbons (Fsp3) is 0.235. The van der Waals surface area contributed by atoms with Crippen molar-refractivity contribution >= 4 is 11.6 Å². The summed E-state index contributed by atoms with van der Waals surface area (Å²) < 4.78 is 0. The minimum Gasteiger partial charge on any atom is -0.308 e. The van der Waals surface area contributed by atoms with Crippen molar-refractivity contribution in [1.82, 2.24) is 0 Å². The third kappa shape index (κ3) is 1.93. The number of carbonyl (C=O) groups excluding carboxylic acids is 1. The molecule has 0 N–H and O–H groups in total. The largest absolute Gasteiger partial charge is 0.308 e. The molecule has 0 fully saturated rings. The van der Waals surface area contributed by atoms with Crippen LogP contribution in [0.5, 0.6) is 0 Å². The van der Waals surface area contributed by atoms with E-state index in [4.69, 9.17) is 0 Å². The lowest BCUT2D eigenvalue weighted by Gasteiger charge is -2.30. The second kappa shape index (κ2) is 4.54. The maximum absolute atomic E-state index is 12.7. The number of amides is 1. The summed E-state index contributed by atoms with van der Waals surface area (Å²) >= 11 is 0. The van der Waals surface area contributed by atoms with Crippen LogP contribution in [0.25, 0.3) is 0 Å². The molecule has 0 saturated heterocycles. The molecule has 0 aromatic heterocycles.